The van der Waals surface area contributed by atoms with E-state index in [1.54, 1.807) is 16.0 Å². The Morgan fingerprint density at radius 1 is 1.31 bits per heavy atom. The monoisotopic (exact) mass is 234 g/mol. The molecule has 0 aliphatic carbocycles. The summed E-state index contributed by atoms with van der Waals surface area (Å²) in [6.07, 6.45) is 5.83. The molecule has 0 saturated carbocycles. The molecule has 3 aromatic rings. The van der Waals surface area contributed by atoms with E-state index in [4.69, 9.17) is 5.73 Å². The molecule has 0 spiro atoms. The third-order valence-corrected chi connectivity index (χ3v) is 3.03. The van der Waals surface area contributed by atoms with E-state index in [-0.39, 0.29) is 0 Å². The van der Waals surface area contributed by atoms with Crippen LogP contribution in [0, 0.1) is 0 Å². The van der Waals surface area contributed by atoms with Crippen LogP contribution >= 0.6 is 11.3 Å². The number of nitrogens with zero attached hydrogens (tertiary/aromatic N) is 5. The van der Waals surface area contributed by atoms with Crippen LogP contribution in [0.4, 0.5) is 0 Å². The normalized spacial score (nSPS) is 11.3. The van der Waals surface area contributed by atoms with E-state index >= 15 is 0 Å². The first-order valence-electron chi connectivity index (χ1n) is 4.85. The molecule has 7 heteroatoms. The van der Waals surface area contributed by atoms with Crippen LogP contribution < -0.4 is 5.73 Å². The van der Waals surface area contributed by atoms with Gasteiger partial charge in [-0.25, -0.2) is 9.67 Å². The molecule has 0 amide bonds. The second-order valence-electron chi connectivity index (χ2n) is 3.44. The summed E-state index contributed by atoms with van der Waals surface area (Å²) in [6, 6.07) is 0. The zero-order valence-corrected chi connectivity index (χ0v) is 9.26. The van der Waals surface area contributed by atoms with Crippen molar-refractivity contribution in [3.8, 4) is 0 Å². The molecule has 3 rings (SSSR count). The predicted octanol–water partition coefficient (Wildman–Crippen LogP) is 0.494. The zero-order valence-electron chi connectivity index (χ0n) is 8.45. The summed E-state index contributed by atoms with van der Waals surface area (Å²) in [4.78, 5) is 5.46. The lowest BCUT2D eigenvalue weighted by atomic mass is 10.4. The van der Waals surface area contributed by atoms with Crippen LogP contribution in [0.3, 0.4) is 0 Å². The van der Waals surface area contributed by atoms with Gasteiger partial charge in [0.05, 0.1) is 24.1 Å². The van der Waals surface area contributed by atoms with Crippen molar-refractivity contribution in [1.82, 2.24) is 24.4 Å². The zero-order chi connectivity index (χ0) is 11.0. The van der Waals surface area contributed by atoms with Gasteiger partial charge in [-0.3, -0.25) is 4.40 Å². The van der Waals surface area contributed by atoms with Crippen LogP contribution in [0.15, 0.2) is 24.0 Å². The van der Waals surface area contributed by atoms with Gasteiger partial charge in [0.15, 0.2) is 4.96 Å². The van der Waals surface area contributed by atoms with Crippen LogP contribution in [0.2, 0.25) is 0 Å². The molecule has 0 radical (unpaired) electrons. The second kappa shape index (κ2) is 3.69. The molecule has 0 atom stereocenters. The second-order valence-corrected chi connectivity index (χ2v) is 4.31. The Kier molecular flexibility index (Phi) is 2.19. The highest BCUT2D eigenvalue weighted by Gasteiger charge is 2.04. The summed E-state index contributed by atoms with van der Waals surface area (Å²) in [6.45, 7) is 1.04. The molecule has 0 aliphatic heterocycles. The Morgan fingerprint density at radius 3 is 3.00 bits per heavy atom. The first-order chi connectivity index (χ1) is 7.85. The van der Waals surface area contributed by atoms with Gasteiger partial charge in [0.1, 0.15) is 0 Å². The molecule has 3 heterocycles. The highest BCUT2D eigenvalue weighted by Crippen LogP contribution is 2.11. The smallest absolute Gasteiger partial charge is 0.193 e. The lowest BCUT2D eigenvalue weighted by Gasteiger charge is -1.93. The molecule has 0 aromatic carbocycles. The van der Waals surface area contributed by atoms with Crippen LogP contribution in [-0.2, 0) is 13.1 Å². The van der Waals surface area contributed by atoms with E-state index in [9.17, 15) is 0 Å². The van der Waals surface area contributed by atoms with E-state index in [1.165, 1.54) is 0 Å². The van der Waals surface area contributed by atoms with Crippen LogP contribution in [0.25, 0.3) is 4.96 Å². The van der Waals surface area contributed by atoms with Crippen molar-refractivity contribution in [3.63, 3.8) is 0 Å². The van der Waals surface area contributed by atoms with E-state index in [0.717, 1.165) is 16.3 Å². The number of nitrogens with two attached hydrogens (primary N) is 1. The Labute approximate surface area is 95.3 Å². The van der Waals surface area contributed by atoms with Gasteiger partial charge in [0.2, 0.25) is 0 Å². The van der Waals surface area contributed by atoms with E-state index in [2.05, 4.69) is 15.3 Å². The van der Waals surface area contributed by atoms with Crippen molar-refractivity contribution in [2.24, 2.45) is 5.73 Å². The Hall–Kier alpha value is -1.73. The number of fused-ring (bicyclic) bond motifs is 1. The molecule has 6 nitrogen and oxygen atoms in total. The molecular formula is C9H10N6S. The maximum Gasteiger partial charge on any atom is 0.193 e. The fourth-order valence-electron chi connectivity index (χ4n) is 1.53. The average molecular weight is 234 g/mol. The van der Waals surface area contributed by atoms with Gasteiger partial charge < -0.3 is 5.73 Å². The summed E-state index contributed by atoms with van der Waals surface area (Å²) < 4.78 is 3.75. The number of rotatable bonds is 3. The summed E-state index contributed by atoms with van der Waals surface area (Å²) in [7, 11) is 0. The minimum Gasteiger partial charge on any atom is -0.325 e. The lowest BCUT2D eigenvalue weighted by molar-refractivity contribution is 0.640. The van der Waals surface area contributed by atoms with Crippen molar-refractivity contribution < 1.29 is 0 Å². The van der Waals surface area contributed by atoms with Gasteiger partial charge in [-0.2, -0.15) is 0 Å². The van der Waals surface area contributed by atoms with Crippen LogP contribution in [0.1, 0.15) is 11.4 Å². The number of imidazole rings is 1. The largest absolute Gasteiger partial charge is 0.325 e. The highest BCUT2D eigenvalue weighted by molar-refractivity contribution is 7.15. The number of hydrogen-bond donors (Lipinski definition) is 1. The van der Waals surface area contributed by atoms with Gasteiger partial charge in [-0.1, -0.05) is 5.21 Å². The average Bonchev–Trinajstić information content (AvgIpc) is 2.92. The quantitative estimate of drug-likeness (QED) is 0.716. The number of thiazole rings is 1. The summed E-state index contributed by atoms with van der Waals surface area (Å²) in [5.41, 5.74) is 7.23. The van der Waals surface area contributed by atoms with E-state index < -0.39 is 0 Å². The number of aromatic nitrogens is 5. The molecule has 0 unspecified atom stereocenters. The lowest BCUT2D eigenvalue weighted by Crippen LogP contribution is -2.00. The standard InChI is InChI=1S/C9H10N6S/c10-3-7-5-15(13-12-7)6-8-4-14-1-2-16-9(14)11-8/h1-2,4-5H,3,6,10H2. The predicted molar refractivity (Wildman–Crippen MR) is 60.1 cm³/mol. The molecule has 0 aliphatic rings. The van der Waals surface area contributed by atoms with Crippen LogP contribution in [0.5, 0.6) is 0 Å². The number of hydrogen-bond acceptors (Lipinski definition) is 5. The summed E-state index contributed by atoms with van der Waals surface area (Å²) in [5.74, 6) is 0. The maximum atomic E-state index is 5.47. The molecular weight excluding hydrogens is 224 g/mol. The Bertz CT molecular complexity index is 578. The van der Waals surface area contributed by atoms with E-state index in [1.807, 2.05) is 28.4 Å². The van der Waals surface area contributed by atoms with Crippen molar-refractivity contribution >= 4 is 16.3 Å². The molecule has 3 aromatic heterocycles. The third kappa shape index (κ3) is 1.59. The van der Waals surface area contributed by atoms with Crippen molar-refractivity contribution in [2.75, 3.05) is 0 Å². The Balaban J connectivity index is 1.86. The molecule has 16 heavy (non-hydrogen) atoms. The molecule has 0 fully saturated rings. The highest BCUT2D eigenvalue weighted by atomic mass is 32.1. The maximum absolute atomic E-state index is 5.47. The fourth-order valence-corrected chi connectivity index (χ4v) is 2.25. The van der Waals surface area contributed by atoms with E-state index in [0.29, 0.717) is 13.1 Å². The van der Waals surface area contributed by atoms with Gasteiger partial charge in [0, 0.05) is 24.3 Å². The van der Waals surface area contributed by atoms with Gasteiger partial charge in [-0.15, -0.1) is 16.4 Å². The summed E-state index contributed by atoms with van der Waals surface area (Å²) >= 11 is 1.61. The first-order valence-corrected chi connectivity index (χ1v) is 5.73. The van der Waals surface area contributed by atoms with Crippen LogP contribution in [-0.4, -0.2) is 24.4 Å². The molecule has 0 saturated heterocycles. The van der Waals surface area contributed by atoms with Gasteiger partial charge in [0.25, 0.3) is 0 Å². The third-order valence-electron chi connectivity index (χ3n) is 2.26. The molecule has 82 valence electrons. The van der Waals surface area contributed by atoms with Crippen molar-refractivity contribution in [3.05, 3.63) is 35.4 Å². The molecule has 2 N–H and O–H groups in total. The first kappa shape index (κ1) is 9.49. The minimum absolute atomic E-state index is 0.415. The van der Waals surface area contributed by atoms with Crippen molar-refractivity contribution in [2.45, 2.75) is 13.1 Å². The Morgan fingerprint density at radius 2 is 2.25 bits per heavy atom. The van der Waals surface area contributed by atoms with Gasteiger partial charge in [-0.05, 0) is 0 Å². The molecule has 0 bridgehead atoms. The van der Waals surface area contributed by atoms with Crippen molar-refractivity contribution in [1.29, 1.82) is 0 Å². The fraction of sp³-hybridized carbons (Fsp3) is 0.222. The summed E-state index contributed by atoms with van der Waals surface area (Å²) in [5, 5.41) is 9.91. The SMILES string of the molecule is NCc1cn(Cc2cn3ccsc3n2)nn1. The van der Waals surface area contributed by atoms with Gasteiger partial charge >= 0.3 is 0 Å². The topological polar surface area (TPSA) is 74.0 Å². The minimum atomic E-state index is 0.415.